The molecule has 2 aromatic rings. The average molecular weight is 327 g/mol. The number of nitrogens with two attached hydrogens (primary N) is 1. The summed E-state index contributed by atoms with van der Waals surface area (Å²) in [7, 11) is 0. The summed E-state index contributed by atoms with van der Waals surface area (Å²) in [4.78, 5) is 0. The molecular weight excluding hydrogens is 311 g/mol. The van der Waals surface area contributed by atoms with Crippen LogP contribution in [0.5, 0.6) is 0 Å². The number of nitrogens with zero attached hydrogens (tertiary/aromatic N) is 3. The molecule has 0 aliphatic rings. The molecule has 2 N–H and O–H groups in total. The summed E-state index contributed by atoms with van der Waals surface area (Å²) in [6.45, 7) is 5.26. The van der Waals surface area contributed by atoms with E-state index in [0.717, 1.165) is 6.54 Å². The SMILES string of the molecule is CC(C)Cn1c(CN)nnc1-c1cccc(F)c1Br. The third-order valence-corrected chi connectivity index (χ3v) is 3.56. The average Bonchev–Trinajstić information content (AvgIpc) is 2.75. The number of aromatic nitrogens is 3. The minimum absolute atomic E-state index is 0.312. The molecule has 0 radical (unpaired) electrons. The molecule has 0 atom stereocenters. The lowest BCUT2D eigenvalue weighted by Crippen LogP contribution is -2.13. The molecule has 0 fully saturated rings. The van der Waals surface area contributed by atoms with Gasteiger partial charge in [0.15, 0.2) is 5.82 Å². The van der Waals surface area contributed by atoms with Crippen molar-refractivity contribution in [3.05, 3.63) is 34.3 Å². The van der Waals surface area contributed by atoms with E-state index in [4.69, 9.17) is 5.73 Å². The van der Waals surface area contributed by atoms with Crippen molar-refractivity contribution in [2.45, 2.75) is 26.9 Å². The third-order valence-electron chi connectivity index (χ3n) is 2.75. The first kappa shape index (κ1) is 14.1. The highest BCUT2D eigenvalue weighted by Gasteiger charge is 2.17. The summed E-state index contributed by atoms with van der Waals surface area (Å²) >= 11 is 3.26. The van der Waals surface area contributed by atoms with Crippen LogP contribution in [-0.2, 0) is 13.1 Å². The molecule has 1 aromatic heterocycles. The lowest BCUT2D eigenvalue weighted by Gasteiger charge is -2.13. The van der Waals surface area contributed by atoms with Gasteiger partial charge in [-0.05, 0) is 34.0 Å². The van der Waals surface area contributed by atoms with Crippen LogP contribution in [0.1, 0.15) is 19.7 Å². The second kappa shape index (κ2) is 5.79. The molecule has 6 heteroatoms. The Morgan fingerprint density at radius 1 is 1.37 bits per heavy atom. The summed E-state index contributed by atoms with van der Waals surface area (Å²) in [5.41, 5.74) is 6.36. The maximum atomic E-state index is 13.6. The van der Waals surface area contributed by atoms with Crippen molar-refractivity contribution in [1.29, 1.82) is 0 Å². The molecule has 2 rings (SSSR count). The fraction of sp³-hybridized carbons (Fsp3) is 0.385. The van der Waals surface area contributed by atoms with Crippen molar-refractivity contribution < 1.29 is 4.39 Å². The Morgan fingerprint density at radius 3 is 2.74 bits per heavy atom. The van der Waals surface area contributed by atoms with Gasteiger partial charge in [-0.1, -0.05) is 19.9 Å². The van der Waals surface area contributed by atoms with Gasteiger partial charge in [-0.25, -0.2) is 4.39 Å². The van der Waals surface area contributed by atoms with E-state index in [9.17, 15) is 4.39 Å². The van der Waals surface area contributed by atoms with E-state index in [-0.39, 0.29) is 5.82 Å². The zero-order valence-corrected chi connectivity index (χ0v) is 12.5. The second-order valence-electron chi connectivity index (χ2n) is 4.75. The lowest BCUT2D eigenvalue weighted by atomic mass is 10.2. The van der Waals surface area contributed by atoms with Crippen molar-refractivity contribution >= 4 is 15.9 Å². The van der Waals surface area contributed by atoms with Crippen molar-refractivity contribution in [3.8, 4) is 11.4 Å². The Labute approximate surface area is 120 Å². The van der Waals surface area contributed by atoms with Gasteiger partial charge in [-0.2, -0.15) is 0 Å². The van der Waals surface area contributed by atoms with Gasteiger partial charge in [-0.15, -0.1) is 10.2 Å². The summed E-state index contributed by atoms with van der Waals surface area (Å²) < 4.78 is 16.0. The van der Waals surface area contributed by atoms with Crippen LogP contribution in [0.4, 0.5) is 4.39 Å². The number of hydrogen-bond acceptors (Lipinski definition) is 3. The molecule has 1 aromatic carbocycles. The van der Waals surface area contributed by atoms with Crippen LogP contribution >= 0.6 is 15.9 Å². The van der Waals surface area contributed by atoms with Crippen molar-refractivity contribution in [1.82, 2.24) is 14.8 Å². The molecule has 0 aliphatic heterocycles. The topological polar surface area (TPSA) is 56.7 Å². The second-order valence-corrected chi connectivity index (χ2v) is 5.54. The molecule has 0 unspecified atom stereocenters. The third kappa shape index (κ3) is 2.84. The van der Waals surface area contributed by atoms with Gasteiger partial charge >= 0.3 is 0 Å². The minimum atomic E-state index is -0.314. The Kier molecular flexibility index (Phi) is 4.31. The van der Waals surface area contributed by atoms with E-state index in [2.05, 4.69) is 40.0 Å². The number of benzene rings is 1. The molecule has 0 aliphatic carbocycles. The summed E-state index contributed by atoms with van der Waals surface area (Å²) in [6.07, 6.45) is 0. The van der Waals surface area contributed by atoms with Crippen LogP contribution in [0.2, 0.25) is 0 Å². The van der Waals surface area contributed by atoms with Crippen LogP contribution in [0.25, 0.3) is 11.4 Å². The maximum absolute atomic E-state index is 13.6. The summed E-state index contributed by atoms with van der Waals surface area (Å²) in [5.74, 6) is 1.46. The maximum Gasteiger partial charge on any atom is 0.165 e. The zero-order chi connectivity index (χ0) is 14.0. The predicted molar refractivity (Wildman–Crippen MR) is 75.8 cm³/mol. The van der Waals surface area contributed by atoms with Crippen LogP contribution in [0.3, 0.4) is 0 Å². The van der Waals surface area contributed by atoms with Crippen LogP contribution in [0.15, 0.2) is 22.7 Å². The smallest absolute Gasteiger partial charge is 0.165 e. The minimum Gasteiger partial charge on any atom is -0.324 e. The fourth-order valence-corrected chi connectivity index (χ4v) is 2.36. The molecule has 0 saturated carbocycles. The van der Waals surface area contributed by atoms with E-state index >= 15 is 0 Å². The molecule has 19 heavy (non-hydrogen) atoms. The van der Waals surface area contributed by atoms with Crippen LogP contribution in [0, 0.1) is 11.7 Å². The molecule has 0 saturated heterocycles. The zero-order valence-electron chi connectivity index (χ0n) is 10.9. The van der Waals surface area contributed by atoms with E-state index in [1.165, 1.54) is 6.07 Å². The molecule has 4 nitrogen and oxygen atoms in total. The highest BCUT2D eigenvalue weighted by Crippen LogP contribution is 2.29. The first-order valence-electron chi connectivity index (χ1n) is 6.11. The van der Waals surface area contributed by atoms with Crippen LogP contribution in [-0.4, -0.2) is 14.8 Å². The van der Waals surface area contributed by atoms with Crippen LogP contribution < -0.4 is 5.73 Å². The summed E-state index contributed by atoms with van der Waals surface area (Å²) in [5, 5.41) is 8.23. The Hall–Kier alpha value is -1.27. The number of hydrogen-bond donors (Lipinski definition) is 1. The van der Waals surface area contributed by atoms with E-state index in [1.807, 2.05) is 10.6 Å². The summed E-state index contributed by atoms with van der Waals surface area (Å²) in [6, 6.07) is 4.88. The van der Waals surface area contributed by atoms with Gasteiger partial charge in [0.2, 0.25) is 0 Å². The largest absolute Gasteiger partial charge is 0.324 e. The van der Waals surface area contributed by atoms with Crippen molar-refractivity contribution in [2.75, 3.05) is 0 Å². The van der Waals surface area contributed by atoms with E-state index in [1.54, 1.807) is 6.07 Å². The monoisotopic (exact) mass is 326 g/mol. The molecule has 0 spiro atoms. The van der Waals surface area contributed by atoms with Gasteiger partial charge < -0.3 is 10.3 Å². The molecule has 102 valence electrons. The molecular formula is C13H16BrFN4. The van der Waals surface area contributed by atoms with Gasteiger partial charge in [-0.3, -0.25) is 0 Å². The lowest BCUT2D eigenvalue weighted by molar-refractivity contribution is 0.510. The quantitative estimate of drug-likeness (QED) is 0.939. The number of halogens is 2. The van der Waals surface area contributed by atoms with Crippen molar-refractivity contribution in [2.24, 2.45) is 11.7 Å². The Balaban J connectivity index is 2.55. The van der Waals surface area contributed by atoms with Crippen molar-refractivity contribution in [3.63, 3.8) is 0 Å². The Morgan fingerprint density at radius 2 is 2.11 bits per heavy atom. The van der Waals surface area contributed by atoms with E-state index in [0.29, 0.717) is 34.1 Å². The molecule has 0 bridgehead atoms. The van der Waals surface area contributed by atoms with Gasteiger partial charge in [0.25, 0.3) is 0 Å². The standard InChI is InChI=1S/C13H16BrFN4/c1-8(2)7-19-11(6-16)17-18-13(19)9-4-3-5-10(15)12(9)14/h3-5,8H,6-7,16H2,1-2H3. The highest BCUT2D eigenvalue weighted by molar-refractivity contribution is 9.10. The predicted octanol–water partition coefficient (Wildman–Crippen LogP) is 2.96. The first-order chi connectivity index (χ1) is 9.04. The van der Waals surface area contributed by atoms with E-state index < -0.39 is 0 Å². The number of rotatable bonds is 4. The Bertz CT molecular complexity index is 580. The van der Waals surface area contributed by atoms with Gasteiger partial charge in [0.1, 0.15) is 11.6 Å². The fourth-order valence-electron chi connectivity index (χ4n) is 1.92. The molecule has 1 heterocycles. The van der Waals surface area contributed by atoms with Gasteiger partial charge in [0.05, 0.1) is 11.0 Å². The molecule has 0 amide bonds. The normalized spacial score (nSPS) is 11.3. The van der Waals surface area contributed by atoms with Gasteiger partial charge in [0, 0.05) is 12.1 Å². The first-order valence-corrected chi connectivity index (χ1v) is 6.90. The highest BCUT2D eigenvalue weighted by atomic mass is 79.9.